The molecule has 0 aromatic carbocycles. The number of thiazole rings is 1. The summed E-state index contributed by atoms with van der Waals surface area (Å²) in [6.45, 7) is 2.70. The molecule has 102 valence electrons. The van der Waals surface area contributed by atoms with Gasteiger partial charge in [-0.15, -0.1) is 11.3 Å². The van der Waals surface area contributed by atoms with Crippen molar-refractivity contribution in [3.05, 3.63) is 47.4 Å². The topological polar surface area (TPSA) is 63.8 Å². The lowest BCUT2D eigenvalue weighted by atomic mass is 10.2. The first-order chi connectivity index (χ1) is 9.83. The van der Waals surface area contributed by atoms with Crippen LogP contribution in [0.5, 0.6) is 0 Å². The first kappa shape index (κ1) is 12.8. The number of anilines is 1. The fourth-order valence-electron chi connectivity index (χ4n) is 1.87. The van der Waals surface area contributed by atoms with Crippen molar-refractivity contribution in [3.63, 3.8) is 0 Å². The summed E-state index contributed by atoms with van der Waals surface area (Å²) in [5.41, 5.74) is 2.92. The lowest BCUT2D eigenvalue weighted by Gasteiger charge is -2.01. The van der Waals surface area contributed by atoms with Crippen LogP contribution in [0.2, 0.25) is 0 Å². The van der Waals surface area contributed by atoms with E-state index in [0.717, 1.165) is 40.8 Å². The van der Waals surface area contributed by atoms with Crippen LogP contribution < -0.4 is 5.32 Å². The van der Waals surface area contributed by atoms with Crippen molar-refractivity contribution >= 4 is 16.5 Å². The van der Waals surface area contributed by atoms with Crippen LogP contribution in [0.25, 0.3) is 11.3 Å². The monoisotopic (exact) mass is 286 g/mol. The average Bonchev–Trinajstić information content (AvgIpc) is 3.09. The molecule has 0 aliphatic rings. The molecule has 0 unspecified atom stereocenters. The van der Waals surface area contributed by atoms with Crippen molar-refractivity contribution < 1.29 is 4.52 Å². The van der Waals surface area contributed by atoms with Crippen LogP contribution in [0, 0.1) is 6.92 Å². The van der Waals surface area contributed by atoms with E-state index in [-0.39, 0.29) is 0 Å². The molecule has 20 heavy (non-hydrogen) atoms. The molecule has 0 atom stereocenters. The van der Waals surface area contributed by atoms with Crippen molar-refractivity contribution in [2.45, 2.75) is 13.3 Å². The maximum Gasteiger partial charge on any atom is 0.183 e. The van der Waals surface area contributed by atoms with E-state index >= 15 is 0 Å². The van der Waals surface area contributed by atoms with Gasteiger partial charge < -0.3 is 9.84 Å². The van der Waals surface area contributed by atoms with Crippen LogP contribution in [0.4, 0.5) is 5.13 Å². The van der Waals surface area contributed by atoms with Crippen LogP contribution in [0.1, 0.15) is 11.5 Å². The zero-order valence-electron chi connectivity index (χ0n) is 11.0. The molecule has 0 amide bonds. The van der Waals surface area contributed by atoms with Crippen molar-refractivity contribution in [1.82, 2.24) is 15.1 Å². The molecule has 0 spiro atoms. The van der Waals surface area contributed by atoms with Gasteiger partial charge in [-0.1, -0.05) is 11.2 Å². The summed E-state index contributed by atoms with van der Waals surface area (Å²) in [5.74, 6) is 0.787. The molecule has 3 heterocycles. The molecule has 6 heteroatoms. The fourth-order valence-corrected chi connectivity index (χ4v) is 2.61. The van der Waals surface area contributed by atoms with Crippen LogP contribution in [-0.4, -0.2) is 21.7 Å². The average molecular weight is 286 g/mol. The second kappa shape index (κ2) is 5.83. The number of hydrogen-bond acceptors (Lipinski definition) is 6. The van der Waals surface area contributed by atoms with Gasteiger partial charge in [-0.3, -0.25) is 4.98 Å². The molecule has 0 aliphatic heterocycles. The van der Waals surface area contributed by atoms with E-state index in [9.17, 15) is 0 Å². The maximum absolute atomic E-state index is 5.05. The maximum atomic E-state index is 5.05. The van der Waals surface area contributed by atoms with E-state index in [1.165, 1.54) is 0 Å². The third kappa shape index (κ3) is 2.85. The van der Waals surface area contributed by atoms with Crippen LogP contribution in [0.3, 0.4) is 0 Å². The lowest BCUT2D eigenvalue weighted by Crippen LogP contribution is -2.05. The quantitative estimate of drug-likeness (QED) is 0.780. The molecular formula is C14H14N4OS. The molecule has 0 radical (unpaired) electrons. The van der Waals surface area contributed by atoms with E-state index in [2.05, 4.69) is 20.4 Å². The standard InChI is InChI=1S/C14H14N4OS/c1-10-12(8-17-19-10)13-9-20-14(18-13)16-7-5-11-4-2-3-6-15-11/h2-4,6,8-9H,5,7H2,1H3,(H,16,18). The number of rotatable bonds is 5. The third-order valence-corrected chi connectivity index (χ3v) is 3.71. The summed E-state index contributed by atoms with van der Waals surface area (Å²) in [5, 5.41) is 9.98. The zero-order valence-corrected chi connectivity index (χ0v) is 11.9. The molecular weight excluding hydrogens is 272 g/mol. The Morgan fingerprint density at radius 1 is 1.35 bits per heavy atom. The van der Waals surface area contributed by atoms with Gasteiger partial charge in [0.05, 0.1) is 17.5 Å². The summed E-state index contributed by atoms with van der Waals surface area (Å²) >= 11 is 1.58. The Balaban J connectivity index is 1.59. The normalized spacial score (nSPS) is 10.7. The van der Waals surface area contributed by atoms with Gasteiger partial charge in [-0.2, -0.15) is 0 Å². The molecule has 5 nitrogen and oxygen atoms in total. The van der Waals surface area contributed by atoms with Gasteiger partial charge in [-0.05, 0) is 19.1 Å². The SMILES string of the molecule is Cc1oncc1-c1csc(NCCc2ccccn2)n1. The van der Waals surface area contributed by atoms with E-state index in [4.69, 9.17) is 4.52 Å². The minimum Gasteiger partial charge on any atom is -0.361 e. The van der Waals surface area contributed by atoms with Crippen molar-refractivity contribution in [1.29, 1.82) is 0 Å². The molecule has 3 aromatic heterocycles. The molecule has 1 N–H and O–H groups in total. The minimum atomic E-state index is 0.787. The van der Waals surface area contributed by atoms with Gasteiger partial charge in [0.1, 0.15) is 5.76 Å². The first-order valence-corrected chi connectivity index (χ1v) is 7.22. The van der Waals surface area contributed by atoms with Crippen molar-refractivity contribution in [2.24, 2.45) is 0 Å². The highest BCUT2D eigenvalue weighted by Crippen LogP contribution is 2.26. The highest BCUT2D eigenvalue weighted by Gasteiger charge is 2.10. The fraction of sp³-hybridized carbons (Fsp3) is 0.214. The van der Waals surface area contributed by atoms with Crippen LogP contribution >= 0.6 is 11.3 Å². The van der Waals surface area contributed by atoms with E-state index in [1.807, 2.05) is 36.7 Å². The first-order valence-electron chi connectivity index (χ1n) is 6.34. The number of nitrogens with one attached hydrogen (secondary N) is 1. The highest BCUT2D eigenvalue weighted by molar-refractivity contribution is 7.14. The summed E-state index contributed by atoms with van der Waals surface area (Å²) in [4.78, 5) is 8.82. The van der Waals surface area contributed by atoms with Gasteiger partial charge in [0.2, 0.25) is 0 Å². The van der Waals surface area contributed by atoms with Gasteiger partial charge in [-0.25, -0.2) is 4.98 Å². The molecule has 0 saturated carbocycles. The predicted octanol–water partition coefficient (Wildman–Crippen LogP) is 3.16. The molecule has 0 fully saturated rings. The molecule has 0 bridgehead atoms. The van der Waals surface area contributed by atoms with Crippen LogP contribution in [0.15, 0.2) is 40.5 Å². The Kier molecular flexibility index (Phi) is 3.73. The third-order valence-electron chi connectivity index (χ3n) is 2.91. The van der Waals surface area contributed by atoms with E-state index in [0.29, 0.717) is 0 Å². The lowest BCUT2D eigenvalue weighted by molar-refractivity contribution is 0.398. The van der Waals surface area contributed by atoms with Gasteiger partial charge in [0.15, 0.2) is 5.13 Å². The predicted molar refractivity (Wildman–Crippen MR) is 78.8 cm³/mol. The van der Waals surface area contributed by atoms with Crippen molar-refractivity contribution in [2.75, 3.05) is 11.9 Å². The second-order valence-corrected chi connectivity index (χ2v) is 5.19. The number of aromatic nitrogens is 3. The Labute approximate surface area is 120 Å². The summed E-state index contributed by atoms with van der Waals surface area (Å²) in [6.07, 6.45) is 4.38. The van der Waals surface area contributed by atoms with Crippen molar-refractivity contribution in [3.8, 4) is 11.3 Å². The zero-order chi connectivity index (χ0) is 13.8. The van der Waals surface area contributed by atoms with Gasteiger partial charge in [0.25, 0.3) is 0 Å². The summed E-state index contributed by atoms with van der Waals surface area (Å²) in [6, 6.07) is 5.94. The summed E-state index contributed by atoms with van der Waals surface area (Å²) < 4.78 is 5.05. The Hall–Kier alpha value is -2.21. The van der Waals surface area contributed by atoms with E-state index < -0.39 is 0 Å². The largest absolute Gasteiger partial charge is 0.361 e. The second-order valence-electron chi connectivity index (χ2n) is 4.33. The molecule has 0 saturated heterocycles. The Bertz CT molecular complexity index is 677. The van der Waals surface area contributed by atoms with E-state index in [1.54, 1.807) is 17.5 Å². The number of aryl methyl sites for hydroxylation is 1. The molecule has 0 aliphatic carbocycles. The Morgan fingerprint density at radius 2 is 2.30 bits per heavy atom. The smallest absolute Gasteiger partial charge is 0.183 e. The molecule has 3 aromatic rings. The molecule has 3 rings (SSSR count). The Morgan fingerprint density at radius 3 is 3.05 bits per heavy atom. The summed E-state index contributed by atoms with van der Waals surface area (Å²) in [7, 11) is 0. The van der Waals surface area contributed by atoms with Gasteiger partial charge in [0, 0.05) is 30.2 Å². The number of pyridine rings is 1. The number of hydrogen-bond donors (Lipinski definition) is 1. The minimum absolute atomic E-state index is 0.787. The number of nitrogens with zero attached hydrogens (tertiary/aromatic N) is 3. The van der Waals surface area contributed by atoms with Crippen LogP contribution in [-0.2, 0) is 6.42 Å². The highest BCUT2D eigenvalue weighted by atomic mass is 32.1. The van der Waals surface area contributed by atoms with Gasteiger partial charge >= 0.3 is 0 Å².